The van der Waals surface area contributed by atoms with Crippen molar-refractivity contribution in [2.75, 3.05) is 22.1 Å². The average Bonchev–Trinajstić information content (AvgIpc) is 3.74. The molecule has 39 heavy (non-hydrogen) atoms. The van der Waals surface area contributed by atoms with Crippen LogP contribution in [0.3, 0.4) is 0 Å². The van der Waals surface area contributed by atoms with E-state index < -0.39 is 6.23 Å². The number of nitrogens with one attached hydrogen (secondary N) is 2. The second-order valence-electron chi connectivity index (χ2n) is 8.45. The summed E-state index contributed by atoms with van der Waals surface area (Å²) in [6.45, 7) is 0. The third-order valence-electron chi connectivity index (χ3n) is 5.70. The van der Waals surface area contributed by atoms with E-state index in [-0.39, 0.29) is 11.7 Å². The zero-order chi connectivity index (χ0) is 26.6. The Morgan fingerprint density at radius 1 is 0.846 bits per heavy atom. The Balaban J connectivity index is 0.922. The van der Waals surface area contributed by atoms with Gasteiger partial charge in [-0.05, 0) is 35.8 Å². The minimum absolute atomic E-state index is 0.238. The predicted octanol–water partition coefficient (Wildman–Crippen LogP) is 5.76. The zero-order valence-corrected chi connectivity index (χ0v) is 22.8. The topological polar surface area (TPSA) is 139 Å². The smallest absolute Gasteiger partial charge is 0.293 e. The second kappa shape index (κ2) is 11.5. The Labute approximate surface area is 234 Å². The number of amides is 1. The van der Waals surface area contributed by atoms with Crippen molar-refractivity contribution in [3.63, 3.8) is 0 Å². The Bertz CT molecular complexity index is 1660. The lowest BCUT2D eigenvalue weighted by molar-refractivity contribution is 0.0998. The van der Waals surface area contributed by atoms with Gasteiger partial charge in [0.2, 0.25) is 10.3 Å². The molecule has 0 saturated heterocycles. The summed E-state index contributed by atoms with van der Waals surface area (Å²) < 4.78 is 11.3. The van der Waals surface area contributed by atoms with E-state index >= 15 is 0 Å². The van der Waals surface area contributed by atoms with Gasteiger partial charge in [-0.3, -0.25) is 10.1 Å². The third kappa shape index (κ3) is 6.11. The molecule has 0 spiro atoms. The fraction of sp³-hybridized carbons (Fsp3) is 0.192. The predicted molar refractivity (Wildman–Crippen MR) is 154 cm³/mol. The van der Waals surface area contributed by atoms with Gasteiger partial charge < -0.3 is 19.3 Å². The Morgan fingerprint density at radius 3 is 2.15 bits per heavy atom. The molecule has 0 aliphatic heterocycles. The number of aryl methyl sites for hydroxylation is 2. The molecule has 0 aliphatic rings. The van der Waals surface area contributed by atoms with Crippen molar-refractivity contribution >= 4 is 72.5 Å². The quantitative estimate of drug-likeness (QED) is 0.128. The number of aromatic nitrogens is 4. The van der Waals surface area contributed by atoms with Crippen LogP contribution in [0.25, 0.3) is 21.9 Å². The fourth-order valence-electron chi connectivity index (χ4n) is 3.82. The summed E-state index contributed by atoms with van der Waals surface area (Å²) in [6, 6.07) is 18.6. The van der Waals surface area contributed by atoms with Crippen LogP contribution >= 0.6 is 34.4 Å². The highest BCUT2D eigenvalue weighted by Gasteiger charge is 2.16. The number of anilines is 2. The summed E-state index contributed by atoms with van der Waals surface area (Å²) >= 11 is 4.54. The molecule has 0 aliphatic carbocycles. The molecule has 0 fully saturated rings. The maximum absolute atomic E-state index is 12.5. The molecule has 13 heteroatoms. The summed E-state index contributed by atoms with van der Waals surface area (Å²) in [7, 11) is 0. The maximum atomic E-state index is 12.5. The lowest BCUT2D eigenvalue weighted by atomic mass is 10.2. The summed E-state index contributed by atoms with van der Waals surface area (Å²) in [6.07, 6.45) is 0.502. The molecule has 10 nitrogen and oxygen atoms in total. The molecule has 6 aromatic rings. The van der Waals surface area contributed by atoms with Gasteiger partial charge in [-0.2, -0.15) is 11.8 Å². The van der Waals surface area contributed by atoms with Crippen LogP contribution in [0, 0.1) is 0 Å². The van der Waals surface area contributed by atoms with Crippen LogP contribution in [0.2, 0.25) is 0 Å². The molecular weight excluding hydrogens is 557 g/mol. The number of carbonyl (C=O) groups excluding carboxylic acids is 1. The van der Waals surface area contributed by atoms with Crippen LogP contribution in [0.5, 0.6) is 0 Å². The third-order valence-corrected chi connectivity index (χ3v) is 8.50. The summed E-state index contributed by atoms with van der Waals surface area (Å²) in [5, 5.41) is 37.3. The molecule has 4 aromatic heterocycles. The van der Waals surface area contributed by atoms with E-state index in [1.54, 1.807) is 23.9 Å². The number of aliphatic hydroxyl groups is 1. The largest absolute Gasteiger partial charge is 0.456 e. The highest BCUT2D eigenvalue weighted by molar-refractivity contribution is 7.99. The highest BCUT2D eigenvalue weighted by atomic mass is 32.2. The van der Waals surface area contributed by atoms with Crippen molar-refractivity contribution in [1.29, 1.82) is 0 Å². The van der Waals surface area contributed by atoms with Crippen molar-refractivity contribution < 1.29 is 18.7 Å². The number of thioether (sulfide) groups is 1. The number of rotatable bonds is 11. The molecule has 0 radical (unpaired) electrons. The molecule has 1 atom stereocenters. The molecule has 2 aromatic carbocycles. The summed E-state index contributed by atoms with van der Waals surface area (Å²) in [4.78, 5) is 12.5. The van der Waals surface area contributed by atoms with Crippen molar-refractivity contribution in [3.05, 3.63) is 82.2 Å². The van der Waals surface area contributed by atoms with E-state index in [4.69, 9.17) is 8.83 Å². The highest BCUT2D eigenvalue weighted by Crippen LogP contribution is 2.27. The Hall–Kier alpha value is -3.78. The number of fused-ring (bicyclic) bond motifs is 2. The first-order valence-corrected chi connectivity index (χ1v) is 14.8. The van der Waals surface area contributed by atoms with E-state index in [1.807, 2.05) is 48.5 Å². The number of furan rings is 2. The molecule has 4 heterocycles. The van der Waals surface area contributed by atoms with Crippen LogP contribution in [0.1, 0.15) is 32.6 Å². The second-order valence-corrected chi connectivity index (χ2v) is 11.8. The van der Waals surface area contributed by atoms with Gasteiger partial charge in [-0.1, -0.05) is 59.1 Å². The number of hydrogen-bond donors (Lipinski definition) is 3. The zero-order valence-electron chi connectivity index (χ0n) is 20.4. The van der Waals surface area contributed by atoms with Gasteiger partial charge in [0.15, 0.2) is 17.7 Å². The standard InChI is InChI=1S/C26H22N6O4S3/c33-23(19-13-15-5-1-3-7-17(15)35-19)27-25-31-29-21(38-25)9-11-37-12-10-22-30-32-26(39-22)28-24(34)20-14-16-6-2-4-8-18(16)36-20/h1-8,13-14,23,33H,9-12H2,(H,27,31)(H,28,32,34). The first kappa shape index (κ1) is 25.5. The number of para-hydroxylation sites is 2. The number of carbonyl (C=O) groups is 1. The van der Waals surface area contributed by atoms with E-state index in [2.05, 4.69) is 31.0 Å². The van der Waals surface area contributed by atoms with Gasteiger partial charge in [0.05, 0.1) is 0 Å². The minimum Gasteiger partial charge on any atom is -0.456 e. The van der Waals surface area contributed by atoms with Gasteiger partial charge in [0.1, 0.15) is 21.2 Å². The van der Waals surface area contributed by atoms with E-state index in [0.717, 1.165) is 50.7 Å². The monoisotopic (exact) mass is 578 g/mol. The number of benzene rings is 2. The molecule has 0 bridgehead atoms. The maximum Gasteiger partial charge on any atom is 0.293 e. The van der Waals surface area contributed by atoms with Gasteiger partial charge >= 0.3 is 0 Å². The van der Waals surface area contributed by atoms with Gasteiger partial charge in [-0.25, -0.2) is 0 Å². The number of nitrogens with zero attached hydrogens (tertiary/aromatic N) is 4. The van der Waals surface area contributed by atoms with Gasteiger partial charge in [0.25, 0.3) is 5.91 Å². The van der Waals surface area contributed by atoms with Gasteiger partial charge in [-0.15, -0.1) is 20.4 Å². The summed E-state index contributed by atoms with van der Waals surface area (Å²) in [5.74, 6) is 2.05. The molecular formula is C26H22N6O4S3. The van der Waals surface area contributed by atoms with E-state index in [1.165, 1.54) is 22.7 Å². The molecule has 6 rings (SSSR count). The Kier molecular flexibility index (Phi) is 7.54. The molecule has 0 saturated carbocycles. The molecule has 198 valence electrons. The van der Waals surface area contributed by atoms with Crippen molar-refractivity contribution in [2.24, 2.45) is 0 Å². The van der Waals surface area contributed by atoms with Crippen LogP contribution < -0.4 is 10.6 Å². The fourth-order valence-corrected chi connectivity index (χ4v) is 6.45. The van der Waals surface area contributed by atoms with Crippen LogP contribution in [0.4, 0.5) is 10.3 Å². The van der Waals surface area contributed by atoms with Crippen LogP contribution in [-0.2, 0) is 12.8 Å². The average molecular weight is 579 g/mol. The van der Waals surface area contributed by atoms with Crippen molar-refractivity contribution in [2.45, 2.75) is 19.1 Å². The Morgan fingerprint density at radius 2 is 1.46 bits per heavy atom. The molecule has 3 N–H and O–H groups in total. The summed E-state index contributed by atoms with van der Waals surface area (Å²) in [5.41, 5.74) is 1.39. The normalized spacial score (nSPS) is 12.2. The van der Waals surface area contributed by atoms with Crippen molar-refractivity contribution in [1.82, 2.24) is 20.4 Å². The van der Waals surface area contributed by atoms with Crippen LogP contribution in [0.15, 0.2) is 69.5 Å². The van der Waals surface area contributed by atoms with Crippen molar-refractivity contribution in [3.8, 4) is 0 Å². The lowest BCUT2D eigenvalue weighted by Crippen LogP contribution is -2.10. The van der Waals surface area contributed by atoms with Gasteiger partial charge in [0, 0.05) is 23.6 Å². The first-order chi connectivity index (χ1) is 19.1. The molecule has 1 amide bonds. The molecule has 1 unspecified atom stereocenters. The van der Waals surface area contributed by atoms with E-state index in [9.17, 15) is 9.90 Å². The lowest BCUT2D eigenvalue weighted by Gasteiger charge is -2.07. The van der Waals surface area contributed by atoms with E-state index in [0.29, 0.717) is 21.6 Å². The minimum atomic E-state index is -1.01. The first-order valence-electron chi connectivity index (χ1n) is 12.1. The SMILES string of the molecule is O=C(Nc1nnc(CCSCCc2nnc(NC(O)c3cc4ccccc4o3)s2)s1)c1cc2ccccc2o1. The van der Waals surface area contributed by atoms with Crippen LogP contribution in [-0.4, -0.2) is 42.9 Å². The number of hydrogen-bond acceptors (Lipinski definition) is 12. The number of aliphatic hydroxyl groups excluding tert-OH is 1.